The Labute approximate surface area is 158 Å². The fourth-order valence-corrected chi connectivity index (χ4v) is 4.59. The number of esters is 1. The van der Waals surface area contributed by atoms with Gasteiger partial charge in [-0.25, -0.2) is 9.18 Å². The number of halogens is 1. The second-order valence-corrected chi connectivity index (χ2v) is 7.86. The Morgan fingerprint density at radius 2 is 2.11 bits per heavy atom. The molecule has 2 saturated heterocycles. The Kier molecular flexibility index (Phi) is 4.68. The Hall–Kier alpha value is -1.99. The van der Waals surface area contributed by atoms with Crippen molar-refractivity contribution < 1.29 is 23.5 Å². The van der Waals surface area contributed by atoms with Crippen molar-refractivity contribution in [1.82, 2.24) is 9.80 Å². The minimum Gasteiger partial charge on any atom is -0.465 e. The van der Waals surface area contributed by atoms with Gasteiger partial charge in [0.1, 0.15) is 11.4 Å². The number of fused-ring (bicyclic) bond motifs is 1. The van der Waals surface area contributed by atoms with Crippen LogP contribution < -0.4 is 0 Å². The Balaban J connectivity index is 1.47. The molecule has 3 heterocycles. The summed E-state index contributed by atoms with van der Waals surface area (Å²) in [6.07, 6.45) is 2.49. The number of nitrogens with zero attached hydrogens (tertiary/aromatic N) is 2. The molecule has 1 atom stereocenters. The maximum absolute atomic E-state index is 14.6. The zero-order valence-electron chi connectivity index (χ0n) is 15.8. The molecule has 3 aliphatic rings. The highest BCUT2D eigenvalue weighted by Crippen LogP contribution is 2.37. The van der Waals surface area contributed by atoms with Crippen molar-refractivity contribution in [2.75, 3.05) is 33.4 Å². The molecule has 3 aliphatic heterocycles. The number of hydrogen-bond donors (Lipinski definition) is 0. The molecule has 0 radical (unpaired) electrons. The van der Waals surface area contributed by atoms with E-state index >= 15 is 0 Å². The SMILES string of the molecule is COC(=O)c1cc(F)c2c(c1)CCN([C@H]1CCOC3(C1)CN(C(C)=O)C3)C2. The van der Waals surface area contributed by atoms with Gasteiger partial charge in [0, 0.05) is 38.2 Å². The van der Waals surface area contributed by atoms with Crippen LogP contribution in [-0.4, -0.2) is 66.7 Å². The first-order valence-corrected chi connectivity index (χ1v) is 9.44. The topological polar surface area (TPSA) is 59.1 Å². The molecule has 1 aromatic rings. The number of rotatable bonds is 2. The quantitative estimate of drug-likeness (QED) is 0.736. The zero-order valence-corrected chi connectivity index (χ0v) is 15.8. The number of benzene rings is 1. The molecule has 0 bridgehead atoms. The summed E-state index contributed by atoms with van der Waals surface area (Å²) in [6.45, 7) is 4.93. The van der Waals surface area contributed by atoms with E-state index in [1.54, 1.807) is 13.0 Å². The zero-order chi connectivity index (χ0) is 19.2. The minimum absolute atomic E-state index is 0.0849. The molecule has 0 aliphatic carbocycles. The van der Waals surface area contributed by atoms with E-state index in [9.17, 15) is 14.0 Å². The molecule has 27 heavy (non-hydrogen) atoms. The molecule has 7 heteroatoms. The summed E-state index contributed by atoms with van der Waals surface area (Å²) in [7, 11) is 1.30. The van der Waals surface area contributed by atoms with E-state index in [1.807, 2.05) is 4.90 Å². The molecule has 4 rings (SSSR count). The maximum Gasteiger partial charge on any atom is 0.337 e. The van der Waals surface area contributed by atoms with Gasteiger partial charge in [0.25, 0.3) is 0 Å². The van der Waals surface area contributed by atoms with Crippen molar-refractivity contribution in [2.24, 2.45) is 0 Å². The van der Waals surface area contributed by atoms with Crippen molar-refractivity contribution in [3.05, 3.63) is 34.6 Å². The molecule has 0 unspecified atom stereocenters. The fourth-order valence-electron chi connectivity index (χ4n) is 4.59. The predicted molar refractivity (Wildman–Crippen MR) is 95.8 cm³/mol. The number of amides is 1. The first kappa shape index (κ1) is 18.4. The van der Waals surface area contributed by atoms with E-state index in [1.165, 1.54) is 13.2 Å². The lowest BCUT2D eigenvalue weighted by molar-refractivity contribution is -0.189. The summed E-state index contributed by atoms with van der Waals surface area (Å²) in [5, 5.41) is 0. The van der Waals surface area contributed by atoms with Crippen LogP contribution in [0.2, 0.25) is 0 Å². The summed E-state index contributed by atoms with van der Waals surface area (Å²) >= 11 is 0. The Morgan fingerprint density at radius 1 is 1.33 bits per heavy atom. The summed E-state index contributed by atoms with van der Waals surface area (Å²) < 4.78 is 25.3. The van der Waals surface area contributed by atoms with Crippen LogP contribution in [0, 0.1) is 5.82 Å². The van der Waals surface area contributed by atoms with Crippen LogP contribution in [0.3, 0.4) is 0 Å². The van der Waals surface area contributed by atoms with Gasteiger partial charge in [0.2, 0.25) is 5.91 Å². The van der Waals surface area contributed by atoms with Crippen molar-refractivity contribution in [3.8, 4) is 0 Å². The molecule has 6 nitrogen and oxygen atoms in total. The van der Waals surface area contributed by atoms with Crippen molar-refractivity contribution >= 4 is 11.9 Å². The van der Waals surface area contributed by atoms with Gasteiger partial charge >= 0.3 is 5.97 Å². The van der Waals surface area contributed by atoms with Crippen LogP contribution in [0.25, 0.3) is 0 Å². The highest BCUT2D eigenvalue weighted by Gasteiger charge is 2.49. The predicted octanol–water partition coefficient (Wildman–Crippen LogP) is 1.75. The van der Waals surface area contributed by atoms with E-state index in [2.05, 4.69) is 4.90 Å². The van der Waals surface area contributed by atoms with Crippen LogP contribution in [0.15, 0.2) is 12.1 Å². The highest BCUT2D eigenvalue weighted by atomic mass is 19.1. The number of ether oxygens (including phenoxy) is 2. The summed E-state index contributed by atoms with van der Waals surface area (Å²) in [4.78, 5) is 27.3. The molecule has 2 fully saturated rings. The van der Waals surface area contributed by atoms with E-state index in [0.717, 1.165) is 24.9 Å². The molecule has 1 spiro atoms. The molecular formula is C20H25FN2O4. The highest BCUT2D eigenvalue weighted by molar-refractivity contribution is 5.89. The summed E-state index contributed by atoms with van der Waals surface area (Å²) in [5.41, 5.74) is 1.60. The van der Waals surface area contributed by atoms with Crippen molar-refractivity contribution in [2.45, 2.75) is 44.4 Å². The Morgan fingerprint density at radius 3 is 2.81 bits per heavy atom. The average molecular weight is 376 g/mol. The molecule has 0 saturated carbocycles. The van der Waals surface area contributed by atoms with Gasteiger partial charge in [-0.2, -0.15) is 0 Å². The standard InChI is InChI=1S/C20H25FN2O4/c1-13(24)23-11-20(12-23)9-16(4-6-27-20)22-5-3-14-7-15(19(25)26-2)8-18(21)17(14)10-22/h7-8,16H,3-6,9-12H2,1-2H3/t16-/m0/s1. The van der Waals surface area contributed by atoms with E-state index < -0.39 is 5.97 Å². The van der Waals surface area contributed by atoms with Crippen LogP contribution in [0.4, 0.5) is 4.39 Å². The maximum atomic E-state index is 14.6. The minimum atomic E-state index is -0.509. The number of methoxy groups -OCH3 is 1. The van der Waals surface area contributed by atoms with E-state index in [0.29, 0.717) is 44.3 Å². The Bertz CT molecular complexity index is 775. The monoisotopic (exact) mass is 376 g/mol. The lowest BCUT2D eigenvalue weighted by atomic mass is 9.82. The van der Waals surface area contributed by atoms with Gasteiger partial charge < -0.3 is 14.4 Å². The smallest absolute Gasteiger partial charge is 0.337 e. The normalized spacial score (nSPS) is 24.3. The van der Waals surface area contributed by atoms with Crippen LogP contribution >= 0.6 is 0 Å². The van der Waals surface area contributed by atoms with E-state index in [-0.39, 0.29) is 22.9 Å². The number of carbonyl (C=O) groups excluding carboxylic acids is 2. The third-order valence-corrected chi connectivity index (χ3v) is 6.13. The summed E-state index contributed by atoms with van der Waals surface area (Å²) in [6, 6.07) is 3.35. The van der Waals surface area contributed by atoms with Crippen molar-refractivity contribution in [3.63, 3.8) is 0 Å². The number of likely N-dealkylation sites (tertiary alicyclic amines) is 1. The van der Waals surface area contributed by atoms with Crippen LogP contribution in [0.5, 0.6) is 0 Å². The fraction of sp³-hybridized carbons (Fsp3) is 0.600. The van der Waals surface area contributed by atoms with Gasteiger partial charge in [0.05, 0.1) is 25.8 Å². The number of hydrogen-bond acceptors (Lipinski definition) is 5. The average Bonchev–Trinajstić information content (AvgIpc) is 2.65. The van der Waals surface area contributed by atoms with Gasteiger partial charge in [-0.15, -0.1) is 0 Å². The van der Waals surface area contributed by atoms with Crippen LogP contribution in [-0.2, 0) is 27.2 Å². The van der Waals surface area contributed by atoms with E-state index in [4.69, 9.17) is 9.47 Å². The lowest BCUT2D eigenvalue weighted by Gasteiger charge is -2.54. The molecule has 1 aromatic carbocycles. The molecule has 146 valence electrons. The van der Waals surface area contributed by atoms with Crippen LogP contribution in [0.1, 0.15) is 41.3 Å². The second-order valence-electron chi connectivity index (χ2n) is 7.86. The largest absolute Gasteiger partial charge is 0.465 e. The first-order valence-electron chi connectivity index (χ1n) is 9.44. The second kappa shape index (κ2) is 6.87. The van der Waals surface area contributed by atoms with Gasteiger partial charge in [0.15, 0.2) is 0 Å². The molecule has 0 N–H and O–H groups in total. The first-order chi connectivity index (χ1) is 12.9. The lowest BCUT2D eigenvalue weighted by Crippen LogP contribution is -2.68. The molecule has 1 amide bonds. The van der Waals surface area contributed by atoms with Gasteiger partial charge in [-0.05, 0) is 37.0 Å². The summed E-state index contributed by atoms with van der Waals surface area (Å²) in [5.74, 6) is -0.766. The number of carbonyl (C=O) groups is 2. The third-order valence-electron chi connectivity index (χ3n) is 6.13. The third kappa shape index (κ3) is 3.34. The van der Waals surface area contributed by atoms with Crippen molar-refractivity contribution in [1.29, 1.82) is 0 Å². The van der Waals surface area contributed by atoms with Gasteiger partial charge in [-0.1, -0.05) is 0 Å². The molecule has 0 aromatic heterocycles. The van der Waals surface area contributed by atoms with Gasteiger partial charge in [-0.3, -0.25) is 9.69 Å². The molecular weight excluding hydrogens is 351 g/mol.